The standard InChI is InChI=1S/C17H12ClF4NO/c18-11-4-1-9(2-5-11)12-8-13(12)16(24)23-15-7-10(17(20,21)22)3-6-14(15)19/h1-7,12-13H,8H2,(H,23,24)/t12-,13+/m0/s1. The van der Waals surface area contributed by atoms with Gasteiger partial charge in [0, 0.05) is 10.9 Å². The van der Waals surface area contributed by atoms with Crippen molar-refractivity contribution in [1.29, 1.82) is 0 Å². The van der Waals surface area contributed by atoms with Crippen molar-refractivity contribution in [2.45, 2.75) is 18.5 Å². The summed E-state index contributed by atoms with van der Waals surface area (Å²) in [7, 11) is 0. The monoisotopic (exact) mass is 357 g/mol. The van der Waals surface area contributed by atoms with Crippen molar-refractivity contribution >= 4 is 23.2 Å². The third kappa shape index (κ3) is 3.53. The first-order valence-corrected chi connectivity index (χ1v) is 7.56. The first kappa shape index (κ1) is 16.8. The minimum Gasteiger partial charge on any atom is -0.323 e. The van der Waals surface area contributed by atoms with Crippen LogP contribution in [0.1, 0.15) is 23.5 Å². The number of hydrogen-bond donors (Lipinski definition) is 1. The molecule has 2 aromatic carbocycles. The lowest BCUT2D eigenvalue weighted by molar-refractivity contribution is -0.137. The number of hydrogen-bond acceptors (Lipinski definition) is 1. The summed E-state index contributed by atoms with van der Waals surface area (Å²) in [4.78, 5) is 12.2. The predicted octanol–water partition coefficient (Wildman–Crippen LogP) is 5.24. The Hall–Kier alpha value is -2.08. The lowest BCUT2D eigenvalue weighted by Gasteiger charge is -2.11. The van der Waals surface area contributed by atoms with E-state index in [0.29, 0.717) is 29.6 Å². The van der Waals surface area contributed by atoms with Gasteiger partial charge in [-0.1, -0.05) is 23.7 Å². The lowest BCUT2D eigenvalue weighted by Crippen LogP contribution is -2.16. The van der Waals surface area contributed by atoms with Gasteiger partial charge in [0.15, 0.2) is 0 Å². The molecule has 24 heavy (non-hydrogen) atoms. The van der Waals surface area contributed by atoms with Crippen LogP contribution in [-0.4, -0.2) is 5.91 Å². The van der Waals surface area contributed by atoms with Crippen LogP contribution in [0.3, 0.4) is 0 Å². The molecule has 1 aliphatic carbocycles. The summed E-state index contributed by atoms with van der Waals surface area (Å²) >= 11 is 5.80. The highest BCUT2D eigenvalue weighted by molar-refractivity contribution is 6.30. The SMILES string of the molecule is O=C(Nc1cc(C(F)(F)F)ccc1F)[C@@H]1C[C@H]1c1ccc(Cl)cc1. The molecular formula is C17H12ClF4NO. The van der Waals surface area contributed by atoms with Crippen molar-refractivity contribution in [2.75, 3.05) is 5.32 Å². The molecule has 126 valence electrons. The van der Waals surface area contributed by atoms with Crippen LogP contribution in [0.15, 0.2) is 42.5 Å². The Morgan fingerprint density at radius 2 is 1.79 bits per heavy atom. The van der Waals surface area contributed by atoms with Crippen molar-refractivity contribution in [2.24, 2.45) is 5.92 Å². The summed E-state index contributed by atoms with van der Waals surface area (Å²) in [5, 5.41) is 2.83. The van der Waals surface area contributed by atoms with E-state index in [0.717, 1.165) is 5.56 Å². The second-order valence-electron chi connectivity index (χ2n) is 5.68. The highest BCUT2D eigenvalue weighted by atomic mass is 35.5. The van der Waals surface area contributed by atoms with Gasteiger partial charge in [-0.15, -0.1) is 0 Å². The Morgan fingerprint density at radius 3 is 2.42 bits per heavy atom. The molecule has 1 aliphatic rings. The molecule has 1 amide bonds. The van der Waals surface area contributed by atoms with E-state index < -0.39 is 29.2 Å². The van der Waals surface area contributed by atoms with Crippen LogP contribution in [0.25, 0.3) is 0 Å². The molecule has 2 aromatic rings. The number of halogens is 5. The summed E-state index contributed by atoms with van der Waals surface area (Å²) in [6, 6.07) is 8.94. The molecule has 0 bridgehead atoms. The number of alkyl halides is 3. The fraction of sp³-hybridized carbons (Fsp3) is 0.235. The minimum absolute atomic E-state index is 0.0314. The Labute approximate surface area is 140 Å². The van der Waals surface area contributed by atoms with E-state index in [9.17, 15) is 22.4 Å². The van der Waals surface area contributed by atoms with Gasteiger partial charge in [0.25, 0.3) is 0 Å². The van der Waals surface area contributed by atoms with Crippen molar-refractivity contribution in [3.05, 3.63) is 64.4 Å². The molecule has 0 saturated heterocycles. The molecular weight excluding hydrogens is 346 g/mol. The minimum atomic E-state index is -4.60. The highest BCUT2D eigenvalue weighted by Gasteiger charge is 2.44. The number of carbonyl (C=O) groups excluding carboxylic acids is 1. The van der Waals surface area contributed by atoms with Gasteiger partial charge in [-0.25, -0.2) is 4.39 Å². The van der Waals surface area contributed by atoms with Crippen LogP contribution in [0.5, 0.6) is 0 Å². The summed E-state index contributed by atoms with van der Waals surface area (Å²) in [6.45, 7) is 0. The van der Waals surface area contributed by atoms with E-state index in [1.807, 2.05) is 0 Å². The van der Waals surface area contributed by atoms with Gasteiger partial charge in [-0.05, 0) is 48.2 Å². The van der Waals surface area contributed by atoms with Crippen LogP contribution in [-0.2, 0) is 11.0 Å². The van der Waals surface area contributed by atoms with Gasteiger partial charge in [-0.3, -0.25) is 4.79 Å². The maximum Gasteiger partial charge on any atom is 0.416 e. The van der Waals surface area contributed by atoms with Gasteiger partial charge in [-0.2, -0.15) is 13.2 Å². The predicted molar refractivity (Wildman–Crippen MR) is 82.3 cm³/mol. The van der Waals surface area contributed by atoms with Gasteiger partial charge < -0.3 is 5.32 Å². The van der Waals surface area contributed by atoms with E-state index >= 15 is 0 Å². The van der Waals surface area contributed by atoms with Crippen molar-refractivity contribution < 1.29 is 22.4 Å². The number of nitrogens with one attached hydrogen (secondary N) is 1. The van der Waals surface area contributed by atoms with E-state index in [1.165, 1.54) is 0 Å². The molecule has 0 spiro atoms. The number of rotatable bonds is 3. The Bertz CT molecular complexity index is 773. The average Bonchev–Trinajstić information content (AvgIpc) is 3.29. The van der Waals surface area contributed by atoms with E-state index in [-0.39, 0.29) is 11.8 Å². The number of amides is 1. The van der Waals surface area contributed by atoms with Crippen LogP contribution in [0.4, 0.5) is 23.2 Å². The molecule has 0 unspecified atom stereocenters. The lowest BCUT2D eigenvalue weighted by atomic mass is 10.1. The van der Waals surface area contributed by atoms with E-state index in [2.05, 4.69) is 5.32 Å². The summed E-state index contributed by atoms with van der Waals surface area (Å²) < 4.78 is 51.7. The smallest absolute Gasteiger partial charge is 0.323 e. The third-order valence-electron chi connectivity index (χ3n) is 3.98. The topological polar surface area (TPSA) is 29.1 Å². The molecule has 2 atom stereocenters. The van der Waals surface area contributed by atoms with Crippen LogP contribution in [0.2, 0.25) is 5.02 Å². The normalized spacial score (nSPS) is 19.9. The van der Waals surface area contributed by atoms with E-state index in [4.69, 9.17) is 11.6 Å². The molecule has 1 N–H and O–H groups in total. The van der Waals surface area contributed by atoms with Gasteiger partial charge in [0.1, 0.15) is 5.82 Å². The molecule has 0 aliphatic heterocycles. The average molecular weight is 358 g/mol. The maximum absolute atomic E-state index is 13.7. The summed E-state index contributed by atoms with van der Waals surface area (Å²) in [5.41, 5.74) is -0.551. The third-order valence-corrected chi connectivity index (χ3v) is 4.23. The Balaban J connectivity index is 1.71. The second kappa shape index (κ2) is 6.09. The molecule has 1 saturated carbocycles. The van der Waals surface area contributed by atoms with Crippen molar-refractivity contribution in [3.8, 4) is 0 Å². The summed E-state index contributed by atoms with van der Waals surface area (Å²) in [5.74, 6) is -1.82. The van der Waals surface area contributed by atoms with Gasteiger partial charge >= 0.3 is 6.18 Å². The largest absolute Gasteiger partial charge is 0.416 e. The number of benzene rings is 2. The quantitative estimate of drug-likeness (QED) is 0.748. The summed E-state index contributed by atoms with van der Waals surface area (Å²) in [6.07, 6.45) is -4.04. The van der Waals surface area contributed by atoms with Crippen molar-refractivity contribution in [3.63, 3.8) is 0 Å². The second-order valence-corrected chi connectivity index (χ2v) is 6.12. The maximum atomic E-state index is 13.7. The first-order chi connectivity index (χ1) is 11.3. The highest BCUT2D eigenvalue weighted by Crippen LogP contribution is 2.48. The Morgan fingerprint density at radius 1 is 1.12 bits per heavy atom. The van der Waals surface area contributed by atoms with Gasteiger partial charge in [0.2, 0.25) is 5.91 Å². The first-order valence-electron chi connectivity index (χ1n) is 7.19. The molecule has 2 nitrogen and oxygen atoms in total. The molecule has 0 radical (unpaired) electrons. The van der Waals surface area contributed by atoms with Crippen LogP contribution < -0.4 is 5.32 Å². The van der Waals surface area contributed by atoms with E-state index in [1.54, 1.807) is 24.3 Å². The van der Waals surface area contributed by atoms with Gasteiger partial charge in [0.05, 0.1) is 11.3 Å². The zero-order valence-corrected chi connectivity index (χ0v) is 13.0. The van der Waals surface area contributed by atoms with Crippen LogP contribution >= 0.6 is 11.6 Å². The molecule has 0 heterocycles. The fourth-order valence-corrected chi connectivity index (χ4v) is 2.71. The van der Waals surface area contributed by atoms with Crippen molar-refractivity contribution in [1.82, 2.24) is 0 Å². The molecule has 7 heteroatoms. The molecule has 1 fully saturated rings. The zero-order chi connectivity index (χ0) is 17.5. The Kier molecular flexibility index (Phi) is 4.25. The van der Waals surface area contributed by atoms with Crippen LogP contribution in [0, 0.1) is 11.7 Å². The number of anilines is 1. The molecule has 3 rings (SSSR count). The number of carbonyl (C=O) groups is 1. The fourth-order valence-electron chi connectivity index (χ4n) is 2.59. The molecule has 0 aromatic heterocycles. The zero-order valence-electron chi connectivity index (χ0n) is 12.2.